The Morgan fingerprint density at radius 2 is 1.86 bits per heavy atom. The maximum Gasteiger partial charge on any atom is 0.119 e. The lowest BCUT2D eigenvalue weighted by Gasteiger charge is -2.52. The lowest BCUT2D eigenvalue weighted by molar-refractivity contribution is -0.179. The van der Waals surface area contributed by atoms with E-state index in [-0.39, 0.29) is 12.1 Å². The maximum absolute atomic E-state index is 10.6. The standard InChI is InChI=1S/C17H27NO3/c1-16(2)10-7-11-17(3,20)18(16)12-14(19)13-21-15-8-5-4-6-9-15/h4-6,8-9,14,19-20H,7,10-13H2,1-3H3. The smallest absolute Gasteiger partial charge is 0.119 e. The summed E-state index contributed by atoms with van der Waals surface area (Å²) in [6.45, 7) is 6.70. The van der Waals surface area contributed by atoms with Crippen LogP contribution < -0.4 is 4.74 Å². The van der Waals surface area contributed by atoms with Gasteiger partial charge in [-0.3, -0.25) is 4.90 Å². The van der Waals surface area contributed by atoms with E-state index in [1.54, 1.807) is 0 Å². The Hall–Kier alpha value is -1.10. The molecule has 1 fully saturated rings. The van der Waals surface area contributed by atoms with Crippen molar-refractivity contribution in [2.45, 2.75) is 57.4 Å². The van der Waals surface area contributed by atoms with E-state index in [1.165, 1.54) is 0 Å². The van der Waals surface area contributed by atoms with E-state index < -0.39 is 11.8 Å². The van der Waals surface area contributed by atoms with Crippen molar-refractivity contribution in [1.29, 1.82) is 0 Å². The van der Waals surface area contributed by atoms with Gasteiger partial charge < -0.3 is 14.9 Å². The van der Waals surface area contributed by atoms with Crippen LogP contribution in [0.3, 0.4) is 0 Å². The number of benzene rings is 1. The van der Waals surface area contributed by atoms with Gasteiger partial charge in [0.15, 0.2) is 0 Å². The highest BCUT2D eigenvalue weighted by Crippen LogP contribution is 2.36. The van der Waals surface area contributed by atoms with E-state index in [4.69, 9.17) is 4.74 Å². The quantitative estimate of drug-likeness (QED) is 0.875. The molecule has 1 saturated heterocycles. The zero-order chi connectivity index (χ0) is 15.5. The van der Waals surface area contributed by atoms with Crippen molar-refractivity contribution in [1.82, 2.24) is 4.90 Å². The molecular weight excluding hydrogens is 266 g/mol. The molecule has 2 atom stereocenters. The average molecular weight is 293 g/mol. The molecule has 2 unspecified atom stereocenters. The molecule has 0 amide bonds. The third kappa shape index (κ3) is 4.19. The van der Waals surface area contributed by atoms with Crippen LogP contribution in [0.25, 0.3) is 0 Å². The van der Waals surface area contributed by atoms with Gasteiger partial charge in [-0.15, -0.1) is 0 Å². The van der Waals surface area contributed by atoms with Crippen LogP contribution in [0.15, 0.2) is 30.3 Å². The molecule has 4 heteroatoms. The van der Waals surface area contributed by atoms with E-state index >= 15 is 0 Å². The molecule has 2 N–H and O–H groups in total. The second-order valence-corrected chi connectivity index (χ2v) is 6.77. The monoisotopic (exact) mass is 293 g/mol. The van der Waals surface area contributed by atoms with Crippen molar-refractivity contribution in [2.75, 3.05) is 13.2 Å². The third-order valence-electron chi connectivity index (χ3n) is 4.33. The van der Waals surface area contributed by atoms with Crippen LogP contribution in [0.1, 0.15) is 40.0 Å². The lowest BCUT2D eigenvalue weighted by Crippen LogP contribution is -2.62. The number of β-amino-alcohol motifs (C(OH)–C–C–N with tert-alkyl or cyclic N) is 1. The highest BCUT2D eigenvalue weighted by Gasteiger charge is 2.43. The number of para-hydroxylation sites is 1. The molecule has 0 spiro atoms. The number of hydrogen-bond acceptors (Lipinski definition) is 4. The number of nitrogens with zero attached hydrogens (tertiary/aromatic N) is 1. The molecule has 0 bridgehead atoms. The van der Waals surface area contributed by atoms with E-state index in [9.17, 15) is 10.2 Å². The van der Waals surface area contributed by atoms with Crippen LogP contribution in [0.5, 0.6) is 5.75 Å². The van der Waals surface area contributed by atoms with Gasteiger partial charge in [0.2, 0.25) is 0 Å². The van der Waals surface area contributed by atoms with Gasteiger partial charge in [0.25, 0.3) is 0 Å². The fraction of sp³-hybridized carbons (Fsp3) is 0.647. The molecule has 1 aromatic rings. The molecule has 0 aliphatic carbocycles. The van der Waals surface area contributed by atoms with Crippen LogP contribution >= 0.6 is 0 Å². The van der Waals surface area contributed by atoms with Crippen LogP contribution in [0.2, 0.25) is 0 Å². The zero-order valence-corrected chi connectivity index (χ0v) is 13.2. The van der Waals surface area contributed by atoms with Gasteiger partial charge in [-0.05, 0) is 52.2 Å². The van der Waals surface area contributed by atoms with Crippen molar-refractivity contribution in [3.8, 4) is 5.75 Å². The summed E-state index contributed by atoms with van der Waals surface area (Å²) in [5.41, 5.74) is -0.981. The summed E-state index contributed by atoms with van der Waals surface area (Å²) in [6.07, 6.45) is 2.14. The Balaban J connectivity index is 1.92. The Morgan fingerprint density at radius 1 is 1.19 bits per heavy atom. The molecule has 0 saturated carbocycles. The molecule has 4 nitrogen and oxygen atoms in total. The highest BCUT2D eigenvalue weighted by molar-refractivity contribution is 5.20. The largest absolute Gasteiger partial charge is 0.491 e. The summed E-state index contributed by atoms with van der Waals surface area (Å²) in [4.78, 5) is 2.00. The SMILES string of the molecule is CC1(C)CCCC(C)(O)N1CC(O)COc1ccccc1. The predicted octanol–water partition coefficient (Wildman–Crippen LogP) is 2.40. The van der Waals surface area contributed by atoms with Gasteiger partial charge in [-0.2, -0.15) is 0 Å². The molecule has 21 heavy (non-hydrogen) atoms. The summed E-state index contributed by atoms with van der Waals surface area (Å²) < 4.78 is 5.59. The van der Waals surface area contributed by atoms with Gasteiger partial charge in [-0.25, -0.2) is 0 Å². The zero-order valence-electron chi connectivity index (χ0n) is 13.2. The van der Waals surface area contributed by atoms with Crippen LogP contribution in [-0.4, -0.2) is 45.6 Å². The second kappa shape index (κ2) is 6.34. The molecule has 118 valence electrons. The van der Waals surface area contributed by atoms with Gasteiger partial charge in [0.05, 0.1) is 0 Å². The number of rotatable bonds is 5. The van der Waals surface area contributed by atoms with Crippen LogP contribution in [0, 0.1) is 0 Å². The number of aliphatic hydroxyl groups excluding tert-OH is 1. The van der Waals surface area contributed by atoms with Gasteiger partial charge in [-0.1, -0.05) is 18.2 Å². The normalized spacial score (nSPS) is 27.3. The summed E-state index contributed by atoms with van der Waals surface area (Å²) >= 11 is 0. The molecule has 0 aromatic heterocycles. The van der Waals surface area contributed by atoms with Crippen molar-refractivity contribution in [3.63, 3.8) is 0 Å². The minimum atomic E-state index is -0.866. The predicted molar refractivity (Wildman–Crippen MR) is 83.2 cm³/mol. The molecule has 1 heterocycles. The number of aliphatic hydroxyl groups is 2. The van der Waals surface area contributed by atoms with Gasteiger partial charge in [0, 0.05) is 12.1 Å². The molecule has 2 rings (SSSR count). The molecular formula is C17H27NO3. The van der Waals surface area contributed by atoms with Crippen molar-refractivity contribution in [2.24, 2.45) is 0 Å². The number of piperidine rings is 1. The maximum atomic E-state index is 10.6. The first kappa shape index (κ1) is 16.3. The van der Waals surface area contributed by atoms with E-state index in [1.807, 2.05) is 42.2 Å². The minimum absolute atomic E-state index is 0.116. The van der Waals surface area contributed by atoms with E-state index in [0.717, 1.165) is 25.0 Å². The Bertz CT molecular complexity index is 429. The van der Waals surface area contributed by atoms with Gasteiger partial charge >= 0.3 is 0 Å². The Kier molecular flexibility index (Phi) is 4.91. The first-order valence-electron chi connectivity index (χ1n) is 7.67. The van der Waals surface area contributed by atoms with Crippen LogP contribution in [-0.2, 0) is 0 Å². The topological polar surface area (TPSA) is 52.9 Å². The summed E-state index contributed by atoms with van der Waals surface area (Å²) in [5, 5.41) is 20.8. The third-order valence-corrected chi connectivity index (χ3v) is 4.33. The Morgan fingerprint density at radius 3 is 2.48 bits per heavy atom. The van der Waals surface area contributed by atoms with E-state index in [0.29, 0.717) is 6.54 Å². The van der Waals surface area contributed by atoms with Crippen LogP contribution in [0.4, 0.5) is 0 Å². The van der Waals surface area contributed by atoms with Crippen molar-refractivity contribution < 1.29 is 14.9 Å². The molecule has 0 radical (unpaired) electrons. The molecule has 1 aliphatic heterocycles. The first-order chi connectivity index (χ1) is 9.81. The minimum Gasteiger partial charge on any atom is -0.491 e. The number of ether oxygens (including phenoxy) is 1. The molecule has 1 aliphatic rings. The average Bonchev–Trinajstić information content (AvgIpc) is 2.41. The fourth-order valence-electron chi connectivity index (χ4n) is 3.19. The van der Waals surface area contributed by atoms with Gasteiger partial charge in [0.1, 0.15) is 24.2 Å². The Labute approximate surface area is 127 Å². The highest BCUT2D eigenvalue weighted by atomic mass is 16.5. The van der Waals surface area contributed by atoms with Crippen molar-refractivity contribution >= 4 is 0 Å². The number of likely N-dealkylation sites (tertiary alicyclic amines) is 1. The first-order valence-corrected chi connectivity index (χ1v) is 7.67. The fourth-order valence-corrected chi connectivity index (χ4v) is 3.19. The van der Waals surface area contributed by atoms with Crippen molar-refractivity contribution in [3.05, 3.63) is 30.3 Å². The lowest BCUT2D eigenvalue weighted by atomic mass is 9.84. The summed E-state index contributed by atoms with van der Waals surface area (Å²) in [5.74, 6) is 0.751. The molecule has 1 aromatic carbocycles. The summed E-state index contributed by atoms with van der Waals surface area (Å²) in [7, 11) is 0. The van der Waals surface area contributed by atoms with E-state index in [2.05, 4.69) is 13.8 Å². The number of hydrogen-bond donors (Lipinski definition) is 2. The second-order valence-electron chi connectivity index (χ2n) is 6.77. The summed E-state index contributed by atoms with van der Waals surface area (Å²) in [6, 6.07) is 9.47.